The zero-order valence-corrected chi connectivity index (χ0v) is 11.3. The number of anilines is 1. The molecule has 0 radical (unpaired) electrons. The van der Waals surface area contributed by atoms with Crippen LogP contribution in [-0.4, -0.2) is 23.0 Å². The molecular formula is C13H16ClNO4. The largest absolute Gasteiger partial charge is 0.415 e. The number of halogens is 1. The van der Waals surface area contributed by atoms with Gasteiger partial charge < -0.3 is 9.53 Å². The molecule has 1 atom stereocenters. The molecule has 1 rings (SSSR count). The first-order valence-corrected chi connectivity index (χ1v) is 6.35. The number of carbonyl (C=O) groups excluding carboxylic acids is 2. The van der Waals surface area contributed by atoms with Crippen molar-refractivity contribution in [3.63, 3.8) is 0 Å². The zero-order valence-electron chi connectivity index (χ0n) is 10.6. The van der Waals surface area contributed by atoms with E-state index in [1.54, 1.807) is 12.1 Å². The Hall–Kier alpha value is -1.59. The molecule has 0 saturated heterocycles. The molecule has 1 N–H and O–H groups in total. The zero-order chi connectivity index (χ0) is 14.3. The van der Waals surface area contributed by atoms with Crippen molar-refractivity contribution in [2.45, 2.75) is 32.2 Å². The molecule has 0 saturated carbocycles. The maximum Gasteiger partial charge on any atom is 0.409 e. The van der Waals surface area contributed by atoms with Crippen LogP contribution < -0.4 is 9.80 Å². The van der Waals surface area contributed by atoms with E-state index < -0.39 is 5.43 Å². The molecule has 0 aliphatic heterocycles. The van der Waals surface area contributed by atoms with Gasteiger partial charge >= 0.3 is 5.43 Å². The van der Waals surface area contributed by atoms with Crippen LogP contribution in [0, 0.1) is 0 Å². The van der Waals surface area contributed by atoms with Gasteiger partial charge in [-0.2, -0.15) is 0 Å². The van der Waals surface area contributed by atoms with Crippen LogP contribution in [0.1, 0.15) is 26.2 Å². The monoisotopic (exact) mass is 285 g/mol. The lowest BCUT2D eigenvalue weighted by atomic mass is 10.1. The molecule has 1 aromatic rings. The van der Waals surface area contributed by atoms with Crippen LogP contribution in [0.25, 0.3) is 0 Å². The van der Waals surface area contributed by atoms with Crippen molar-refractivity contribution in [3.05, 3.63) is 24.3 Å². The fourth-order valence-electron chi connectivity index (χ4n) is 1.75. The van der Waals surface area contributed by atoms with Gasteiger partial charge in [-0.1, -0.05) is 13.3 Å². The van der Waals surface area contributed by atoms with E-state index in [2.05, 4.69) is 4.74 Å². The van der Waals surface area contributed by atoms with Crippen LogP contribution in [0.3, 0.4) is 0 Å². The van der Waals surface area contributed by atoms with Crippen molar-refractivity contribution in [2.24, 2.45) is 0 Å². The number of aldehydes is 1. The van der Waals surface area contributed by atoms with Gasteiger partial charge in [0, 0.05) is 18.0 Å². The van der Waals surface area contributed by atoms with Crippen LogP contribution in [0.2, 0.25) is 0 Å². The summed E-state index contributed by atoms with van der Waals surface area (Å²) >= 11 is 5.09. The van der Waals surface area contributed by atoms with Crippen molar-refractivity contribution >= 4 is 29.0 Å². The van der Waals surface area contributed by atoms with Gasteiger partial charge in [0.1, 0.15) is 12.0 Å². The third-order valence-corrected chi connectivity index (χ3v) is 2.71. The SMILES string of the molecule is CCCC(CC=O)N(O)c1ccc(OC(=O)Cl)cc1. The predicted octanol–water partition coefficient (Wildman–Crippen LogP) is 3.38. The maximum absolute atomic E-state index is 10.6. The third-order valence-electron chi connectivity index (χ3n) is 2.64. The van der Waals surface area contributed by atoms with Gasteiger partial charge in [-0.15, -0.1) is 0 Å². The first-order valence-electron chi connectivity index (χ1n) is 5.97. The fraction of sp³-hybridized carbons (Fsp3) is 0.385. The molecule has 104 valence electrons. The molecule has 0 aliphatic rings. The summed E-state index contributed by atoms with van der Waals surface area (Å²) in [6.07, 6.45) is 2.60. The molecule has 19 heavy (non-hydrogen) atoms. The van der Waals surface area contributed by atoms with Crippen LogP contribution >= 0.6 is 11.6 Å². The minimum absolute atomic E-state index is 0.253. The maximum atomic E-state index is 10.6. The van der Waals surface area contributed by atoms with E-state index in [-0.39, 0.29) is 12.5 Å². The predicted molar refractivity (Wildman–Crippen MR) is 72.0 cm³/mol. The molecule has 0 fully saturated rings. The van der Waals surface area contributed by atoms with E-state index in [9.17, 15) is 14.8 Å². The molecule has 6 heteroatoms. The van der Waals surface area contributed by atoms with Crippen molar-refractivity contribution in [2.75, 3.05) is 5.06 Å². The topological polar surface area (TPSA) is 66.8 Å². The van der Waals surface area contributed by atoms with Gasteiger partial charge in [-0.05, 0) is 30.7 Å². The van der Waals surface area contributed by atoms with Gasteiger partial charge in [0.25, 0.3) is 0 Å². The summed E-state index contributed by atoms with van der Waals surface area (Å²) in [4.78, 5) is 21.1. The van der Waals surface area contributed by atoms with E-state index >= 15 is 0 Å². The van der Waals surface area contributed by atoms with Gasteiger partial charge in [-0.25, -0.2) is 4.79 Å². The number of rotatable bonds is 7. The minimum Gasteiger partial charge on any atom is -0.415 e. The number of nitrogens with zero attached hydrogens (tertiary/aromatic N) is 1. The number of hydrogen-bond donors (Lipinski definition) is 1. The highest BCUT2D eigenvalue weighted by Crippen LogP contribution is 2.22. The lowest BCUT2D eigenvalue weighted by Gasteiger charge is -2.26. The van der Waals surface area contributed by atoms with Gasteiger partial charge in [0.2, 0.25) is 0 Å². The lowest BCUT2D eigenvalue weighted by Crippen LogP contribution is -2.32. The van der Waals surface area contributed by atoms with E-state index in [0.29, 0.717) is 17.9 Å². The first kappa shape index (κ1) is 15.5. The molecule has 0 amide bonds. The Morgan fingerprint density at radius 3 is 2.58 bits per heavy atom. The van der Waals surface area contributed by atoms with E-state index in [4.69, 9.17) is 11.6 Å². The molecule has 0 aromatic heterocycles. The first-order chi connectivity index (χ1) is 9.08. The summed E-state index contributed by atoms with van der Waals surface area (Å²) in [6, 6.07) is 5.94. The number of ether oxygens (including phenoxy) is 1. The van der Waals surface area contributed by atoms with Gasteiger partial charge in [0.05, 0.1) is 11.7 Å². The quantitative estimate of drug-likeness (QED) is 0.472. The Labute approximate surface area is 116 Å². The summed E-state index contributed by atoms with van der Waals surface area (Å²) in [7, 11) is 0. The highest BCUT2D eigenvalue weighted by molar-refractivity contribution is 6.61. The van der Waals surface area contributed by atoms with Crippen molar-refractivity contribution < 1.29 is 19.5 Å². The van der Waals surface area contributed by atoms with Gasteiger partial charge in [0.15, 0.2) is 0 Å². The summed E-state index contributed by atoms with van der Waals surface area (Å²) in [5.74, 6) is 0.291. The Balaban J connectivity index is 2.77. The average Bonchev–Trinajstić information content (AvgIpc) is 2.38. The number of benzene rings is 1. The number of hydroxylamine groups is 1. The van der Waals surface area contributed by atoms with Crippen LogP contribution in [0.5, 0.6) is 5.75 Å². The Morgan fingerprint density at radius 2 is 2.11 bits per heavy atom. The summed E-state index contributed by atoms with van der Waals surface area (Å²) in [6.45, 7) is 1.98. The second-order valence-corrected chi connectivity index (χ2v) is 4.33. The van der Waals surface area contributed by atoms with Crippen molar-refractivity contribution in [1.82, 2.24) is 0 Å². The number of hydrogen-bond acceptors (Lipinski definition) is 5. The normalized spacial score (nSPS) is 11.7. The fourth-order valence-corrected chi connectivity index (χ4v) is 1.84. The standard InChI is InChI=1S/C13H16ClNO4/c1-2-3-10(8-9-16)15(18)11-4-6-12(7-5-11)19-13(14)17/h4-7,9-10,18H,2-3,8H2,1H3. The van der Waals surface area contributed by atoms with Crippen LogP contribution in [0.4, 0.5) is 10.5 Å². The van der Waals surface area contributed by atoms with Crippen LogP contribution in [0.15, 0.2) is 24.3 Å². The van der Waals surface area contributed by atoms with Crippen molar-refractivity contribution in [3.8, 4) is 5.75 Å². The van der Waals surface area contributed by atoms with Crippen molar-refractivity contribution in [1.29, 1.82) is 0 Å². The highest BCUT2D eigenvalue weighted by atomic mass is 35.5. The minimum atomic E-state index is -0.918. The van der Waals surface area contributed by atoms with Gasteiger partial charge in [-0.3, -0.25) is 10.3 Å². The highest BCUT2D eigenvalue weighted by Gasteiger charge is 2.16. The molecule has 0 heterocycles. The molecule has 1 aromatic carbocycles. The molecular weight excluding hydrogens is 270 g/mol. The molecule has 0 aliphatic carbocycles. The second kappa shape index (κ2) is 7.76. The summed E-state index contributed by atoms with van der Waals surface area (Å²) < 4.78 is 4.67. The molecule has 5 nitrogen and oxygen atoms in total. The smallest absolute Gasteiger partial charge is 0.409 e. The Kier molecular flexibility index (Phi) is 6.32. The van der Waals surface area contributed by atoms with E-state index in [1.165, 1.54) is 12.1 Å². The Bertz CT molecular complexity index is 421. The lowest BCUT2D eigenvalue weighted by molar-refractivity contribution is -0.108. The third kappa shape index (κ3) is 4.89. The second-order valence-electron chi connectivity index (χ2n) is 4.02. The summed E-state index contributed by atoms with van der Waals surface area (Å²) in [5, 5.41) is 11.1. The van der Waals surface area contributed by atoms with E-state index in [1.807, 2.05) is 6.92 Å². The number of carbonyl (C=O) groups is 2. The Morgan fingerprint density at radius 1 is 1.47 bits per heavy atom. The van der Waals surface area contributed by atoms with E-state index in [0.717, 1.165) is 17.8 Å². The average molecular weight is 286 g/mol. The molecule has 0 bridgehead atoms. The molecule has 0 spiro atoms. The summed E-state index contributed by atoms with van der Waals surface area (Å²) in [5.41, 5.74) is -0.395. The van der Waals surface area contributed by atoms with Crippen LogP contribution in [-0.2, 0) is 4.79 Å². The molecule has 1 unspecified atom stereocenters.